The smallest absolute Gasteiger partial charge is 0.0398 e. The molecule has 1 unspecified atom stereocenters. The number of hydrogen-bond donors (Lipinski definition) is 0. The Balaban J connectivity index is -0.0000000826. The van der Waals surface area contributed by atoms with Crippen LogP contribution in [0, 0.1) is 6.92 Å². The molecule has 0 amide bonds. The molecule has 0 fully saturated rings. The van der Waals surface area contributed by atoms with Crippen molar-refractivity contribution in [3.63, 3.8) is 0 Å². The molecule has 0 bridgehead atoms. The molecule has 19 heavy (non-hydrogen) atoms. The van der Waals surface area contributed by atoms with Crippen molar-refractivity contribution in [1.82, 2.24) is 0 Å². The second-order valence-corrected chi connectivity index (χ2v) is 3.65. The van der Waals surface area contributed by atoms with E-state index in [1.807, 2.05) is 38.7 Å². The average Bonchev–Trinajstić information content (AvgIpc) is 2.52. The van der Waals surface area contributed by atoms with Crippen LogP contribution in [0.4, 0.5) is 0 Å². The molecular weight excluding hydrogens is 247 g/mol. The third kappa shape index (κ3) is 46.4. The summed E-state index contributed by atoms with van der Waals surface area (Å²) in [6, 6.07) is 10.3. The van der Waals surface area contributed by atoms with Crippen LogP contribution >= 0.6 is 9.24 Å². The highest BCUT2D eigenvalue weighted by Gasteiger charge is 1.72. The van der Waals surface area contributed by atoms with Crippen LogP contribution < -0.4 is 0 Å². The van der Waals surface area contributed by atoms with E-state index in [0.29, 0.717) is 0 Å². The average molecular weight is 286 g/mol. The lowest BCUT2D eigenvalue weighted by atomic mass is 10.2. The summed E-state index contributed by atoms with van der Waals surface area (Å²) in [5, 5.41) is 0. The van der Waals surface area contributed by atoms with Crippen molar-refractivity contribution in [2.24, 2.45) is 0 Å². The molecule has 0 saturated carbocycles. The van der Waals surface area contributed by atoms with Crippen LogP contribution in [-0.4, -0.2) is 6.66 Å². The molecule has 0 aliphatic heterocycles. The van der Waals surface area contributed by atoms with E-state index in [0.717, 1.165) is 0 Å². The van der Waals surface area contributed by atoms with Crippen LogP contribution in [0.3, 0.4) is 0 Å². The molecule has 0 heterocycles. The van der Waals surface area contributed by atoms with Gasteiger partial charge in [-0.3, -0.25) is 0 Å². The molecule has 0 nitrogen and oxygen atoms in total. The van der Waals surface area contributed by atoms with Gasteiger partial charge in [-0.15, -0.1) is 9.24 Å². The summed E-state index contributed by atoms with van der Waals surface area (Å²) in [6.07, 6.45) is 5.28. The first kappa shape index (κ1) is 27.1. The molecule has 0 aromatic heterocycles. The van der Waals surface area contributed by atoms with Crippen molar-refractivity contribution >= 4 is 9.24 Å². The van der Waals surface area contributed by atoms with Crippen LogP contribution in [0.2, 0.25) is 0 Å². The number of benzene rings is 1. The predicted octanol–water partition coefficient (Wildman–Crippen LogP) is 7.13. The van der Waals surface area contributed by atoms with Crippen molar-refractivity contribution < 1.29 is 0 Å². The Kier molecular flexibility index (Phi) is 51.4. The van der Waals surface area contributed by atoms with Crippen LogP contribution in [0.5, 0.6) is 0 Å². The molecule has 0 radical (unpaired) electrons. The zero-order valence-electron chi connectivity index (χ0n) is 14.8. The second-order valence-electron chi connectivity index (χ2n) is 3.65. The van der Waals surface area contributed by atoms with E-state index in [9.17, 15) is 0 Å². The van der Waals surface area contributed by atoms with Crippen LogP contribution in [-0.2, 0) is 0 Å². The van der Waals surface area contributed by atoms with Gasteiger partial charge in [0.25, 0.3) is 0 Å². The zero-order valence-corrected chi connectivity index (χ0v) is 15.9. The molecule has 0 spiro atoms. The minimum atomic E-state index is 1.32. The van der Waals surface area contributed by atoms with Crippen LogP contribution in [0.15, 0.2) is 30.3 Å². The van der Waals surface area contributed by atoms with E-state index in [2.05, 4.69) is 56.0 Å². The third-order valence-electron chi connectivity index (χ3n) is 1.94. The van der Waals surface area contributed by atoms with E-state index in [-0.39, 0.29) is 0 Å². The summed E-state index contributed by atoms with van der Waals surface area (Å²) in [5.74, 6) is 0. The molecule has 0 saturated heterocycles. The number of aryl methyl sites for hydroxylation is 1. The Morgan fingerprint density at radius 2 is 0.947 bits per heavy atom. The third-order valence-corrected chi connectivity index (χ3v) is 1.94. The van der Waals surface area contributed by atoms with E-state index >= 15 is 0 Å². The first-order valence-corrected chi connectivity index (χ1v) is 8.97. The molecule has 1 aromatic carbocycles. The fourth-order valence-corrected chi connectivity index (χ4v) is 0.534. The summed E-state index contributed by atoms with van der Waals surface area (Å²) in [4.78, 5) is 0. The van der Waals surface area contributed by atoms with Crippen molar-refractivity contribution in [2.45, 2.75) is 74.1 Å². The highest BCUT2D eigenvalue weighted by molar-refractivity contribution is 7.15. The largest absolute Gasteiger partial charge is 0.141 e. The monoisotopic (exact) mass is 286 g/mol. The topological polar surface area (TPSA) is 0 Å². The Hall–Kier alpha value is -0.350. The second kappa shape index (κ2) is 36.1. The Morgan fingerprint density at radius 3 is 1.05 bits per heavy atom. The van der Waals surface area contributed by atoms with E-state index in [4.69, 9.17) is 0 Å². The molecule has 0 aliphatic carbocycles. The minimum Gasteiger partial charge on any atom is -0.141 e. The quantitative estimate of drug-likeness (QED) is 0.507. The molecule has 0 N–H and O–H groups in total. The zero-order chi connectivity index (χ0) is 15.9. The van der Waals surface area contributed by atoms with Gasteiger partial charge in [0.1, 0.15) is 0 Å². The number of unbranched alkanes of at least 4 members (excludes halogenated alkanes) is 2. The van der Waals surface area contributed by atoms with Gasteiger partial charge in [0.2, 0.25) is 0 Å². The number of rotatable bonds is 2. The maximum absolute atomic E-state index is 2.42. The van der Waals surface area contributed by atoms with Gasteiger partial charge in [0, 0.05) is 0 Å². The van der Waals surface area contributed by atoms with E-state index in [1.165, 1.54) is 31.2 Å². The van der Waals surface area contributed by atoms with Gasteiger partial charge in [-0.25, -0.2) is 0 Å². The highest BCUT2D eigenvalue weighted by atomic mass is 31.0. The maximum atomic E-state index is 2.42. The predicted molar refractivity (Wildman–Crippen MR) is 99.3 cm³/mol. The van der Waals surface area contributed by atoms with E-state index in [1.54, 1.807) is 0 Å². The van der Waals surface area contributed by atoms with Crippen LogP contribution in [0.25, 0.3) is 0 Å². The van der Waals surface area contributed by atoms with Crippen molar-refractivity contribution in [1.29, 1.82) is 0 Å². The standard InChI is InChI=1S/C7H8.2C4H10.C2H6.CH5P/c1-7-5-3-2-4-6-7;2*1-3-4-2;2*1-2/h2-6H,1H3;2*3-4H2,1-2H3;1-2H3;2H2,1H3. The molecule has 1 heteroatoms. The highest BCUT2D eigenvalue weighted by Crippen LogP contribution is 1.92. The fraction of sp³-hybridized carbons (Fsp3) is 0.667. The lowest BCUT2D eigenvalue weighted by Crippen LogP contribution is -1.62. The summed E-state index contributed by atoms with van der Waals surface area (Å²) in [6.45, 7) is 16.7. The Labute approximate surface area is 126 Å². The van der Waals surface area contributed by atoms with Crippen molar-refractivity contribution in [2.75, 3.05) is 6.66 Å². The summed E-state index contributed by atoms with van der Waals surface area (Å²) >= 11 is 0. The van der Waals surface area contributed by atoms with E-state index < -0.39 is 0 Å². The fourth-order valence-electron chi connectivity index (χ4n) is 0.534. The van der Waals surface area contributed by atoms with Gasteiger partial charge < -0.3 is 0 Å². The van der Waals surface area contributed by atoms with Gasteiger partial charge in [-0.1, -0.05) is 110 Å². The summed E-state index contributed by atoms with van der Waals surface area (Å²) in [5.41, 5.74) is 1.32. The normalized spacial score (nSPS) is 7.00. The number of hydrogen-bond acceptors (Lipinski definition) is 0. The summed E-state index contributed by atoms with van der Waals surface area (Å²) in [7, 11) is 2.42. The Bertz CT molecular complexity index is 174. The van der Waals surface area contributed by atoms with Gasteiger partial charge in [0.15, 0.2) is 0 Å². The molecule has 1 atom stereocenters. The van der Waals surface area contributed by atoms with Gasteiger partial charge in [-0.05, 0) is 6.92 Å². The summed E-state index contributed by atoms with van der Waals surface area (Å²) < 4.78 is 0. The SMILES string of the molecule is CC.CCCC.CCCC.CP.Cc1ccccc1. The lowest BCUT2D eigenvalue weighted by Gasteiger charge is -1.82. The first-order valence-electron chi connectivity index (χ1n) is 7.82. The van der Waals surface area contributed by atoms with Crippen LogP contribution in [0.1, 0.15) is 72.8 Å². The molecule has 116 valence electrons. The van der Waals surface area contributed by atoms with Gasteiger partial charge in [0.05, 0.1) is 0 Å². The molecule has 1 rings (SSSR count). The Morgan fingerprint density at radius 1 is 0.684 bits per heavy atom. The maximum Gasteiger partial charge on any atom is -0.0398 e. The molecule has 0 aliphatic rings. The van der Waals surface area contributed by atoms with Crippen molar-refractivity contribution in [3.8, 4) is 0 Å². The molecular formula is C18H39P. The van der Waals surface area contributed by atoms with Gasteiger partial charge >= 0.3 is 0 Å². The molecule has 1 aromatic rings. The van der Waals surface area contributed by atoms with Crippen molar-refractivity contribution in [3.05, 3.63) is 35.9 Å². The first-order chi connectivity index (χ1) is 9.22. The van der Waals surface area contributed by atoms with Gasteiger partial charge in [-0.2, -0.15) is 0 Å². The lowest BCUT2D eigenvalue weighted by molar-refractivity contribution is 0.886. The minimum absolute atomic E-state index is 1.32.